The molecule has 0 aliphatic rings. The van der Waals surface area contributed by atoms with Crippen molar-refractivity contribution in [3.8, 4) is 5.75 Å². The first-order valence-electron chi connectivity index (χ1n) is 5.04. The number of aromatic hydroxyl groups is 1. The molecule has 5 heteroatoms. The standard InChI is InChI=1S/C13H8BrCl2NO/c14-10-4-2-1-3-8(10)7-17-9-5-11(15)13(18)12(16)6-9/h1-7,18H. The predicted octanol–water partition coefficient (Wildman–Crippen LogP) is 5.21. The lowest BCUT2D eigenvalue weighted by atomic mass is 10.2. The van der Waals surface area contributed by atoms with Crippen LogP contribution >= 0.6 is 39.1 Å². The molecule has 2 nitrogen and oxygen atoms in total. The molecule has 2 aromatic rings. The van der Waals surface area contributed by atoms with Crippen molar-refractivity contribution < 1.29 is 5.11 Å². The average molecular weight is 345 g/mol. The fraction of sp³-hybridized carbons (Fsp3) is 0. The van der Waals surface area contributed by atoms with E-state index >= 15 is 0 Å². The smallest absolute Gasteiger partial charge is 0.152 e. The van der Waals surface area contributed by atoms with Crippen LogP contribution in [0.2, 0.25) is 10.0 Å². The Labute approximate surface area is 123 Å². The van der Waals surface area contributed by atoms with Crippen molar-refractivity contribution in [1.29, 1.82) is 0 Å². The Morgan fingerprint density at radius 2 is 1.72 bits per heavy atom. The summed E-state index contributed by atoms with van der Waals surface area (Å²) in [6.07, 6.45) is 1.70. The molecule has 0 aliphatic carbocycles. The van der Waals surface area contributed by atoms with Gasteiger partial charge in [-0.3, -0.25) is 4.99 Å². The minimum atomic E-state index is -0.127. The lowest BCUT2D eigenvalue weighted by Gasteiger charge is -2.01. The van der Waals surface area contributed by atoms with Gasteiger partial charge in [0.15, 0.2) is 5.75 Å². The van der Waals surface area contributed by atoms with Gasteiger partial charge in [0, 0.05) is 16.3 Å². The molecule has 0 bridgehead atoms. The topological polar surface area (TPSA) is 32.6 Å². The molecule has 18 heavy (non-hydrogen) atoms. The van der Waals surface area contributed by atoms with Crippen LogP contribution in [0.3, 0.4) is 0 Å². The van der Waals surface area contributed by atoms with Crippen molar-refractivity contribution in [2.24, 2.45) is 4.99 Å². The maximum Gasteiger partial charge on any atom is 0.152 e. The zero-order valence-electron chi connectivity index (χ0n) is 9.07. The summed E-state index contributed by atoms with van der Waals surface area (Å²) >= 11 is 15.1. The van der Waals surface area contributed by atoms with Crippen LogP contribution in [0.4, 0.5) is 5.69 Å². The van der Waals surface area contributed by atoms with E-state index in [1.807, 2.05) is 24.3 Å². The molecule has 1 N–H and O–H groups in total. The minimum absolute atomic E-state index is 0.127. The molecule has 2 rings (SSSR count). The first kappa shape index (κ1) is 13.4. The number of halogens is 3. The van der Waals surface area contributed by atoms with E-state index in [9.17, 15) is 5.11 Å². The van der Waals surface area contributed by atoms with Crippen molar-refractivity contribution in [3.05, 3.63) is 56.5 Å². The van der Waals surface area contributed by atoms with Gasteiger partial charge in [0.05, 0.1) is 15.7 Å². The van der Waals surface area contributed by atoms with Crippen LogP contribution in [0.25, 0.3) is 0 Å². The van der Waals surface area contributed by atoms with Crippen LogP contribution in [0.5, 0.6) is 5.75 Å². The number of phenolic OH excluding ortho intramolecular Hbond substituents is 1. The summed E-state index contributed by atoms with van der Waals surface area (Å²) in [5.41, 5.74) is 1.52. The molecular weight excluding hydrogens is 337 g/mol. The quantitative estimate of drug-likeness (QED) is 0.745. The van der Waals surface area contributed by atoms with E-state index < -0.39 is 0 Å². The van der Waals surface area contributed by atoms with E-state index in [0.29, 0.717) is 5.69 Å². The lowest BCUT2D eigenvalue weighted by Crippen LogP contribution is -1.81. The van der Waals surface area contributed by atoms with E-state index in [4.69, 9.17) is 23.2 Å². The second-order valence-corrected chi connectivity index (χ2v) is 5.21. The van der Waals surface area contributed by atoms with E-state index in [2.05, 4.69) is 20.9 Å². The molecule has 0 fully saturated rings. The molecule has 0 aromatic heterocycles. The Morgan fingerprint density at radius 3 is 2.33 bits per heavy atom. The van der Waals surface area contributed by atoms with E-state index in [-0.39, 0.29) is 15.8 Å². The van der Waals surface area contributed by atoms with Gasteiger partial charge in [-0.15, -0.1) is 0 Å². The van der Waals surface area contributed by atoms with Gasteiger partial charge >= 0.3 is 0 Å². The Morgan fingerprint density at radius 1 is 1.11 bits per heavy atom. The summed E-state index contributed by atoms with van der Waals surface area (Å²) in [6.45, 7) is 0. The lowest BCUT2D eigenvalue weighted by molar-refractivity contribution is 0.476. The van der Waals surface area contributed by atoms with Crippen LogP contribution in [0, 0.1) is 0 Å². The van der Waals surface area contributed by atoms with E-state index in [1.165, 1.54) is 0 Å². The summed E-state index contributed by atoms with van der Waals surface area (Å²) in [4.78, 5) is 4.27. The Kier molecular flexibility index (Phi) is 4.27. The maximum absolute atomic E-state index is 9.44. The fourth-order valence-electron chi connectivity index (χ4n) is 1.35. The predicted molar refractivity (Wildman–Crippen MR) is 79.5 cm³/mol. The highest BCUT2D eigenvalue weighted by Crippen LogP contribution is 2.35. The fourth-order valence-corrected chi connectivity index (χ4v) is 2.21. The molecule has 2 aromatic carbocycles. The second-order valence-electron chi connectivity index (χ2n) is 3.54. The third-order valence-electron chi connectivity index (χ3n) is 2.26. The SMILES string of the molecule is Oc1c(Cl)cc(N=Cc2ccccc2Br)cc1Cl. The molecule has 0 spiro atoms. The number of nitrogens with zero attached hydrogens (tertiary/aromatic N) is 1. The number of phenols is 1. The summed E-state index contributed by atoms with van der Waals surface area (Å²) in [5.74, 6) is -0.127. The zero-order chi connectivity index (χ0) is 13.1. The van der Waals surface area contributed by atoms with Crippen LogP contribution in [0.1, 0.15) is 5.56 Å². The van der Waals surface area contributed by atoms with Gasteiger partial charge < -0.3 is 5.11 Å². The van der Waals surface area contributed by atoms with Crippen molar-refractivity contribution in [3.63, 3.8) is 0 Å². The van der Waals surface area contributed by atoms with Gasteiger partial charge in [-0.25, -0.2) is 0 Å². The van der Waals surface area contributed by atoms with Crippen LogP contribution in [0.15, 0.2) is 45.9 Å². The molecule has 0 aliphatic heterocycles. The summed E-state index contributed by atoms with van der Waals surface area (Å²) in [6, 6.07) is 10.8. The highest BCUT2D eigenvalue weighted by Gasteiger charge is 2.05. The van der Waals surface area contributed by atoms with E-state index in [0.717, 1.165) is 10.0 Å². The first-order valence-corrected chi connectivity index (χ1v) is 6.59. The van der Waals surface area contributed by atoms with Gasteiger partial charge in [-0.1, -0.05) is 57.3 Å². The summed E-state index contributed by atoms with van der Waals surface area (Å²) in [7, 11) is 0. The van der Waals surface area contributed by atoms with Crippen LogP contribution in [-0.4, -0.2) is 11.3 Å². The van der Waals surface area contributed by atoms with Crippen molar-refractivity contribution in [2.75, 3.05) is 0 Å². The number of rotatable bonds is 2. The van der Waals surface area contributed by atoms with Crippen molar-refractivity contribution >= 4 is 51.0 Å². The Balaban J connectivity index is 2.33. The highest BCUT2D eigenvalue weighted by atomic mass is 79.9. The zero-order valence-corrected chi connectivity index (χ0v) is 12.2. The molecule has 92 valence electrons. The third-order valence-corrected chi connectivity index (χ3v) is 3.56. The molecule has 0 saturated heterocycles. The van der Waals surface area contributed by atoms with Crippen molar-refractivity contribution in [1.82, 2.24) is 0 Å². The summed E-state index contributed by atoms with van der Waals surface area (Å²) in [5, 5.41) is 9.80. The maximum atomic E-state index is 9.44. The number of hydrogen-bond donors (Lipinski definition) is 1. The van der Waals surface area contributed by atoms with Crippen molar-refractivity contribution in [2.45, 2.75) is 0 Å². The molecule has 0 amide bonds. The molecule has 0 heterocycles. The number of benzene rings is 2. The van der Waals surface area contributed by atoms with E-state index in [1.54, 1.807) is 18.3 Å². The Hall–Kier alpha value is -1.03. The van der Waals surface area contributed by atoms with Crippen LogP contribution < -0.4 is 0 Å². The largest absolute Gasteiger partial charge is 0.505 e. The number of hydrogen-bond acceptors (Lipinski definition) is 2. The number of aliphatic imine (C=N–C) groups is 1. The van der Waals surface area contributed by atoms with Gasteiger partial charge in [0.2, 0.25) is 0 Å². The molecular formula is C13H8BrCl2NO. The third kappa shape index (κ3) is 3.05. The molecule has 0 saturated carbocycles. The Bertz CT molecular complexity index is 591. The van der Waals surface area contributed by atoms with Gasteiger partial charge in [-0.05, 0) is 18.2 Å². The van der Waals surface area contributed by atoms with Gasteiger partial charge in [0.25, 0.3) is 0 Å². The minimum Gasteiger partial charge on any atom is -0.505 e. The second kappa shape index (κ2) is 5.74. The van der Waals surface area contributed by atoms with Gasteiger partial charge in [-0.2, -0.15) is 0 Å². The van der Waals surface area contributed by atoms with Gasteiger partial charge in [0.1, 0.15) is 0 Å². The molecule has 0 radical (unpaired) electrons. The molecule has 0 atom stereocenters. The summed E-state index contributed by atoms with van der Waals surface area (Å²) < 4.78 is 0.949. The monoisotopic (exact) mass is 343 g/mol. The molecule has 0 unspecified atom stereocenters. The average Bonchev–Trinajstić information content (AvgIpc) is 2.35. The normalized spacial score (nSPS) is 11.1. The first-order chi connectivity index (χ1) is 8.58. The highest BCUT2D eigenvalue weighted by molar-refractivity contribution is 9.10. The van der Waals surface area contributed by atoms with Crippen LogP contribution in [-0.2, 0) is 0 Å².